The lowest BCUT2D eigenvalue weighted by molar-refractivity contribution is 0.0665. The molecule has 0 saturated heterocycles. The van der Waals surface area contributed by atoms with Crippen molar-refractivity contribution < 1.29 is 14.0 Å². The smallest absolute Gasteiger partial charge is 0.231 e. The summed E-state index contributed by atoms with van der Waals surface area (Å²) in [4.78, 5) is 4.32. The number of aromatic nitrogens is 2. The van der Waals surface area contributed by atoms with Crippen molar-refractivity contribution >= 4 is 0 Å². The Labute approximate surface area is 124 Å². The summed E-state index contributed by atoms with van der Waals surface area (Å²) < 4.78 is 15.9. The Hall–Kier alpha value is -1.92. The molecule has 21 heavy (non-hydrogen) atoms. The lowest BCUT2D eigenvalue weighted by atomic mass is 10.1. The molecule has 1 atom stereocenters. The number of nitrogens with zero attached hydrogens (tertiary/aromatic N) is 2. The first-order valence-electron chi connectivity index (χ1n) is 6.91. The molecule has 0 saturated carbocycles. The average molecular weight is 291 g/mol. The van der Waals surface area contributed by atoms with Crippen LogP contribution in [0.25, 0.3) is 0 Å². The molecular weight excluding hydrogens is 270 g/mol. The molecule has 2 aromatic rings. The van der Waals surface area contributed by atoms with Gasteiger partial charge in [-0.2, -0.15) is 4.98 Å². The summed E-state index contributed by atoms with van der Waals surface area (Å²) in [5.41, 5.74) is 7.00. The second-order valence-electron chi connectivity index (χ2n) is 5.06. The van der Waals surface area contributed by atoms with Crippen LogP contribution in [0.15, 0.2) is 28.8 Å². The van der Waals surface area contributed by atoms with Gasteiger partial charge in [0.1, 0.15) is 5.75 Å². The zero-order valence-electron chi connectivity index (χ0n) is 12.6. The van der Waals surface area contributed by atoms with E-state index in [4.69, 9.17) is 19.7 Å². The van der Waals surface area contributed by atoms with Gasteiger partial charge in [-0.25, -0.2) is 0 Å². The third-order valence-corrected chi connectivity index (χ3v) is 2.91. The van der Waals surface area contributed by atoms with Crippen molar-refractivity contribution in [2.45, 2.75) is 32.4 Å². The monoisotopic (exact) mass is 291 g/mol. The van der Waals surface area contributed by atoms with E-state index in [0.29, 0.717) is 24.7 Å². The highest BCUT2D eigenvalue weighted by Gasteiger charge is 2.15. The fourth-order valence-corrected chi connectivity index (χ4v) is 1.82. The summed E-state index contributed by atoms with van der Waals surface area (Å²) in [6.07, 6.45) is 0.668. The lowest BCUT2D eigenvalue weighted by Gasteiger charge is -2.10. The molecular formula is C15H21N3O3. The van der Waals surface area contributed by atoms with Crippen molar-refractivity contribution in [1.82, 2.24) is 10.1 Å². The van der Waals surface area contributed by atoms with Crippen LogP contribution in [0.2, 0.25) is 0 Å². The third kappa shape index (κ3) is 4.54. The Morgan fingerprint density at radius 3 is 2.86 bits per heavy atom. The maximum absolute atomic E-state index is 5.97. The number of hydrogen-bond acceptors (Lipinski definition) is 6. The molecule has 0 aliphatic heterocycles. The first-order chi connectivity index (χ1) is 10.1. The molecule has 0 fully saturated rings. The van der Waals surface area contributed by atoms with E-state index in [-0.39, 0.29) is 12.1 Å². The summed E-state index contributed by atoms with van der Waals surface area (Å²) in [7, 11) is 1.64. The quantitative estimate of drug-likeness (QED) is 0.841. The van der Waals surface area contributed by atoms with Gasteiger partial charge >= 0.3 is 0 Å². The minimum Gasteiger partial charge on any atom is -0.497 e. The van der Waals surface area contributed by atoms with Gasteiger partial charge in [-0.1, -0.05) is 17.3 Å². The molecule has 2 N–H and O–H groups in total. The van der Waals surface area contributed by atoms with E-state index in [1.807, 2.05) is 38.1 Å². The third-order valence-electron chi connectivity index (χ3n) is 2.91. The first kappa shape index (κ1) is 15.5. The van der Waals surface area contributed by atoms with Crippen LogP contribution >= 0.6 is 0 Å². The summed E-state index contributed by atoms with van der Waals surface area (Å²) in [5.74, 6) is 1.79. The minimum absolute atomic E-state index is 0.124. The molecule has 6 heteroatoms. The number of ether oxygens (including phenoxy) is 2. The lowest BCUT2D eigenvalue weighted by Crippen LogP contribution is -2.20. The van der Waals surface area contributed by atoms with Crippen molar-refractivity contribution in [1.29, 1.82) is 0 Å². The van der Waals surface area contributed by atoms with E-state index in [2.05, 4.69) is 10.1 Å². The van der Waals surface area contributed by atoms with E-state index in [0.717, 1.165) is 11.3 Å². The van der Waals surface area contributed by atoms with Gasteiger partial charge in [0.15, 0.2) is 5.82 Å². The highest BCUT2D eigenvalue weighted by molar-refractivity contribution is 5.29. The number of rotatable bonds is 7. The topological polar surface area (TPSA) is 83.4 Å². The number of methoxy groups -OCH3 is 1. The molecule has 0 aliphatic rings. The molecule has 1 heterocycles. The zero-order valence-corrected chi connectivity index (χ0v) is 12.6. The molecule has 1 aromatic heterocycles. The van der Waals surface area contributed by atoms with E-state index in [1.165, 1.54) is 0 Å². The molecule has 0 amide bonds. The Morgan fingerprint density at radius 2 is 2.14 bits per heavy atom. The number of benzene rings is 1. The largest absolute Gasteiger partial charge is 0.497 e. The molecule has 6 nitrogen and oxygen atoms in total. The summed E-state index contributed by atoms with van der Waals surface area (Å²) in [6, 6.07) is 7.35. The number of hydrogen-bond donors (Lipinski definition) is 1. The van der Waals surface area contributed by atoms with E-state index >= 15 is 0 Å². The van der Waals surface area contributed by atoms with Crippen LogP contribution in [0.5, 0.6) is 5.75 Å². The van der Waals surface area contributed by atoms with Crippen LogP contribution in [-0.2, 0) is 11.2 Å². The summed E-state index contributed by atoms with van der Waals surface area (Å²) in [5, 5.41) is 3.91. The summed E-state index contributed by atoms with van der Waals surface area (Å²) in [6.45, 7) is 4.28. The molecule has 0 aliphatic carbocycles. The van der Waals surface area contributed by atoms with Crippen molar-refractivity contribution in [2.24, 2.45) is 5.73 Å². The van der Waals surface area contributed by atoms with Gasteiger partial charge in [0.25, 0.3) is 0 Å². The van der Waals surface area contributed by atoms with Gasteiger partial charge in [-0.15, -0.1) is 0 Å². The minimum atomic E-state index is -0.379. The Morgan fingerprint density at radius 1 is 1.33 bits per heavy atom. The Kier molecular flexibility index (Phi) is 5.30. The van der Waals surface area contributed by atoms with E-state index in [1.54, 1.807) is 7.11 Å². The normalized spacial score (nSPS) is 12.6. The fraction of sp³-hybridized carbons (Fsp3) is 0.467. The molecule has 0 bridgehead atoms. The highest BCUT2D eigenvalue weighted by Crippen LogP contribution is 2.16. The zero-order chi connectivity index (χ0) is 15.2. The SMILES string of the molecule is COc1cccc(Cc2nc(C(N)COC(C)C)no2)c1. The van der Waals surface area contributed by atoms with Gasteiger partial charge < -0.3 is 19.7 Å². The van der Waals surface area contributed by atoms with Gasteiger partial charge in [0.05, 0.1) is 32.3 Å². The molecule has 0 spiro atoms. The van der Waals surface area contributed by atoms with Crippen LogP contribution < -0.4 is 10.5 Å². The number of nitrogens with two attached hydrogens (primary N) is 1. The average Bonchev–Trinajstić information content (AvgIpc) is 2.93. The highest BCUT2D eigenvalue weighted by atomic mass is 16.5. The maximum Gasteiger partial charge on any atom is 0.231 e. The van der Waals surface area contributed by atoms with Crippen molar-refractivity contribution in [3.63, 3.8) is 0 Å². The molecule has 114 valence electrons. The fourth-order valence-electron chi connectivity index (χ4n) is 1.82. The van der Waals surface area contributed by atoms with Gasteiger partial charge in [-0.3, -0.25) is 0 Å². The first-order valence-corrected chi connectivity index (χ1v) is 6.91. The Bertz CT molecular complexity index is 569. The molecule has 1 unspecified atom stereocenters. The standard InChI is InChI=1S/C15H21N3O3/c1-10(2)20-9-13(16)15-17-14(21-18-15)8-11-5-4-6-12(7-11)19-3/h4-7,10,13H,8-9,16H2,1-3H3. The van der Waals surface area contributed by atoms with Crippen molar-refractivity contribution in [3.8, 4) is 5.75 Å². The van der Waals surface area contributed by atoms with Gasteiger partial charge in [-0.05, 0) is 31.5 Å². The van der Waals surface area contributed by atoms with Gasteiger partial charge in [0.2, 0.25) is 5.89 Å². The van der Waals surface area contributed by atoms with Crippen LogP contribution in [0.1, 0.15) is 37.2 Å². The van der Waals surface area contributed by atoms with Gasteiger partial charge in [0, 0.05) is 0 Å². The maximum atomic E-state index is 5.97. The van der Waals surface area contributed by atoms with Crippen molar-refractivity contribution in [2.75, 3.05) is 13.7 Å². The molecule has 0 radical (unpaired) electrons. The van der Waals surface area contributed by atoms with Crippen LogP contribution in [0, 0.1) is 0 Å². The molecule has 1 aromatic carbocycles. The second kappa shape index (κ2) is 7.19. The summed E-state index contributed by atoms with van der Waals surface area (Å²) >= 11 is 0. The van der Waals surface area contributed by atoms with Crippen molar-refractivity contribution in [3.05, 3.63) is 41.5 Å². The van der Waals surface area contributed by atoms with Crippen LogP contribution in [-0.4, -0.2) is 30.0 Å². The second-order valence-corrected chi connectivity index (χ2v) is 5.06. The Balaban J connectivity index is 1.99. The van der Waals surface area contributed by atoms with Crippen LogP contribution in [0.4, 0.5) is 0 Å². The van der Waals surface area contributed by atoms with Crippen LogP contribution in [0.3, 0.4) is 0 Å². The predicted molar refractivity (Wildman–Crippen MR) is 78.1 cm³/mol. The predicted octanol–water partition coefficient (Wildman–Crippen LogP) is 2.09. The van der Waals surface area contributed by atoms with E-state index < -0.39 is 0 Å². The van der Waals surface area contributed by atoms with E-state index in [9.17, 15) is 0 Å². The molecule has 2 rings (SSSR count).